The van der Waals surface area contributed by atoms with E-state index in [4.69, 9.17) is 10.5 Å². The average Bonchev–Trinajstić information content (AvgIpc) is 3.35. The summed E-state index contributed by atoms with van der Waals surface area (Å²) in [5.41, 5.74) is 5.95. The number of hydrogen-bond acceptors (Lipinski definition) is 3. The van der Waals surface area contributed by atoms with Gasteiger partial charge in [-0.05, 0) is 68.5 Å². The van der Waals surface area contributed by atoms with E-state index in [-0.39, 0.29) is 17.6 Å². The van der Waals surface area contributed by atoms with Crippen molar-refractivity contribution in [3.8, 4) is 5.75 Å². The summed E-state index contributed by atoms with van der Waals surface area (Å²) in [7, 11) is 0. The Balaban J connectivity index is 1.48. The summed E-state index contributed by atoms with van der Waals surface area (Å²) in [6.45, 7) is 5.73. The van der Waals surface area contributed by atoms with Gasteiger partial charge in [-0.25, -0.2) is 0 Å². The monoisotopic (exact) mass is 510 g/mol. The van der Waals surface area contributed by atoms with Crippen LogP contribution in [0.25, 0.3) is 0 Å². The van der Waals surface area contributed by atoms with Crippen molar-refractivity contribution in [3.05, 3.63) is 102 Å². The molecule has 0 spiro atoms. The third-order valence-electron chi connectivity index (χ3n) is 7.55. The van der Waals surface area contributed by atoms with E-state index in [1.54, 1.807) is 0 Å². The minimum absolute atomic E-state index is 0.125. The van der Waals surface area contributed by atoms with Crippen molar-refractivity contribution in [1.29, 1.82) is 0 Å². The van der Waals surface area contributed by atoms with Crippen LogP contribution < -0.4 is 10.5 Å². The van der Waals surface area contributed by atoms with Crippen molar-refractivity contribution in [2.45, 2.75) is 56.3 Å². The summed E-state index contributed by atoms with van der Waals surface area (Å²) in [4.78, 5) is 15.4. The second-order valence-electron chi connectivity index (χ2n) is 10.3. The molecule has 4 rings (SSSR count). The van der Waals surface area contributed by atoms with Gasteiger partial charge in [0.25, 0.3) is 0 Å². The lowest BCUT2D eigenvalue weighted by atomic mass is 9.69. The molecule has 0 aliphatic carbocycles. The van der Waals surface area contributed by atoms with Gasteiger partial charge in [-0.3, -0.25) is 9.69 Å². The van der Waals surface area contributed by atoms with E-state index in [1.165, 1.54) is 12.1 Å². The quantitative estimate of drug-likeness (QED) is 0.374. The summed E-state index contributed by atoms with van der Waals surface area (Å²) in [6.07, 6.45) is -2.49. The molecule has 1 heterocycles. The van der Waals surface area contributed by atoms with Crippen molar-refractivity contribution >= 4 is 5.91 Å². The smallest absolute Gasteiger partial charge is 0.416 e. The van der Waals surface area contributed by atoms with Gasteiger partial charge in [0.15, 0.2) is 0 Å². The predicted octanol–water partition coefficient (Wildman–Crippen LogP) is 6.19. The second-order valence-corrected chi connectivity index (χ2v) is 10.3. The first-order chi connectivity index (χ1) is 17.5. The lowest BCUT2D eigenvalue weighted by Crippen LogP contribution is -2.47. The third kappa shape index (κ3) is 5.82. The maximum Gasteiger partial charge on any atom is 0.416 e. The summed E-state index contributed by atoms with van der Waals surface area (Å²) in [6, 6.07) is 24.2. The molecule has 3 aromatic carbocycles. The van der Waals surface area contributed by atoms with Crippen LogP contribution in [0.3, 0.4) is 0 Å². The van der Waals surface area contributed by atoms with Crippen LogP contribution in [-0.2, 0) is 16.4 Å². The summed E-state index contributed by atoms with van der Waals surface area (Å²) in [5.74, 6) is 0.0455. The van der Waals surface area contributed by atoms with Gasteiger partial charge >= 0.3 is 6.18 Å². The van der Waals surface area contributed by atoms with Gasteiger partial charge in [0.2, 0.25) is 5.91 Å². The van der Waals surface area contributed by atoms with Gasteiger partial charge in [-0.1, -0.05) is 60.7 Å². The molecular formula is C30H33F3N2O2. The number of likely N-dealkylation sites (tertiary alicyclic amines) is 1. The van der Waals surface area contributed by atoms with Gasteiger partial charge in [0, 0.05) is 18.6 Å². The van der Waals surface area contributed by atoms with Crippen molar-refractivity contribution in [3.63, 3.8) is 0 Å². The lowest BCUT2D eigenvalue weighted by Gasteiger charge is -2.40. The highest BCUT2D eigenvalue weighted by Crippen LogP contribution is 2.40. The SMILES string of the molecule is CC(C)(CCC(C(N)=O)(c1ccccc1)c1ccccc1)N1CCC(Oc2ccc(C(F)(F)F)cc2)C1. The minimum Gasteiger partial charge on any atom is -0.489 e. The summed E-state index contributed by atoms with van der Waals surface area (Å²) < 4.78 is 44.6. The molecule has 1 amide bonds. The van der Waals surface area contributed by atoms with Crippen molar-refractivity contribution in [2.75, 3.05) is 13.1 Å². The fourth-order valence-corrected chi connectivity index (χ4v) is 5.25. The van der Waals surface area contributed by atoms with Crippen LogP contribution in [0.15, 0.2) is 84.9 Å². The number of nitrogens with two attached hydrogens (primary N) is 1. The predicted molar refractivity (Wildman–Crippen MR) is 138 cm³/mol. The summed E-state index contributed by atoms with van der Waals surface area (Å²) >= 11 is 0. The molecule has 2 N–H and O–H groups in total. The van der Waals surface area contributed by atoms with Gasteiger partial charge in [-0.2, -0.15) is 13.2 Å². The number of hydrogen-bond donors (Lipinski definition) is 1. The van der Waals surface area contributed by atoms with E-state index in [1.807, 2.05) is 60.7 Å². The Labute approximate surface area is 216 Å². The molecule has 1 atom stereocenters. The third-order valence-corrected chi connectivity index (χ3v) is 7.55. The molecule has 1 saturated heterocycles. The van der Waals surface area contributed by atoms with E-state index < -0.39 is 17.2 Å². The molecule has 0 radical (unpaired) electrons. The van der Waals surface area contributed by atoms with Crippen LogP contribution in [0.2, 0.25) is 0 Å². The first kappa shape index (κ1) is 26.7. The Morgan fingerprint density at radius 2 is 1.41 bits per heavy atom. The highest BCUT2D eigenvalue weighted by molar-refractivity contribution is 5.90. The Hall–Kier alpha value is -3.32. The Morgan fingerprint density at radius 1 is 0.865 bits per heavy atom. The van der Waals surface area contributed by atoms with Crippen LogP contribution in [0, 0.1) is 0 Å². The van der Waals surface area contributed by atoms with Crippen LogP contribution in [0.5, 0.6) is 5.75 Å². The zero-order valence-corrected chi connectivity index (χ0v) is 21.2. The normalized spacial score (nSPS) is 17.1. The zero-order valence-electron chi connectivity index (χ0n) is 21.2. The van der Waals surface area contributed by atoms with E-state index in [0.717, 1.165) is 36.2 Å². The molecule has 3 aromatic rings. The van der Waals surface area contributed by atoms with E-state index in [0.29, 0.717) is 25.1 Å². The molecule has 1 aliphatic heterocycles. The number of carbonyl (C=O) groups is 1. The average molecular weight is 511 g/mol. The molecule has 0 saturated carbocycles. The Kier molecular flexibility index (Phi) is 7.64. The van der Waals surface area contributed by atoms with Crippen molar-refractivity contribution in [1.82, 2.24) is 4.90 Å². The number of alkyl halides is 3. The van der Waals surface area contributed by atoms with E-state index in [2.05, 4.69) is 18.7 Å². The fraction of sp³-hybridized carbons (Fsp3) is 0.367. The molecule has 1 fully saturated rings. The minimum atomic E-state index is -4.37. The molecule has 1 aliphatic rings. The van der Waals surface area contributed by atoms with Crippen LogP contribution in [-0.4, -0.2) is 35.5 Å². The number of carbonyl (C=O) groups excluding carboxylic acids is 1. The topological polar surface area (TPSA) is 55.6 Å². The number of benzene rings is 3. The number of amides is 1. The van der Waals surface area contributed by atoms with Gasteiger partial charge in [0.1, 0.15) is 11.9 Å². The van der Waals surface area contributed by atoms with Crippen LogP contribution in [0.1, 0.15) is 49.8 Å². The number of ether oxygens (including phenoxy) is 1. The number of rotatable bonds is 9. The first-order valence-electron chi connectivity index (χ1n) is 12.5. The van der Waals surface area contributed by atoms with E-state index >= 15 is 0 Å². The van der Waals surface area contributed by atoms with Crippen molar-refractivity contribution in [2.24, 2.45) is 5.73 Å². The Morgan fingerprint density at radius 3 is 1.89 bits per heavy atom. The molecule has 0 bridgehead atoms. The van der Waals surface area contributed by atoms with E-state index in [9.17, 15) is 18.0 Å². The maximum atomic E-state index is 13.1. The number of primary amides is 1. The molecule has 4 nitrogen and oxygen atoms in total. The number of halogens is 3. The highest BCUT2D eigenvalue weighted by atomic mass is 19.4. The van der Waals surface area contributed by atoms with Gasteiger partial charge in [0.05, 0.1) is 11.0 Å². The Bertz CT molecular complexity index is 1140. The number of nitrogens with zero attached hydrogens (tertiary/aromatic N) is 1. The molecule has 0 aromatic heterocycles. The zero-order chi connectivity index (χ0) is 26.7. The van der Waals surface area contributed by atoms with Crippen LogP contribution >= 0.6 is 0 Å². The van der Waals surface area contributed by atoms with Crippen molar-refractivity contribution < 1.29 is 22.7 Å². The second kappa shape index (κ2) is 10.6. The fourth-order valence-electron chi connectivity index (χ4n) is 5.25. The molecule has 37 heavy (non-hydrogen) atoms. The first-order valence-corrected chi connectivity index (χ1v) is 12.5. The standard InChI is InChI=1S/C30H33F3N2O2/c1-28(2,35-20-17-26(21-35)37-25-15-13-24(14-16-25)30(31,32)33)18-19-29(27(34)36,22-9-5-3-6-10-22)23-11-7-4-8-12-23/h3-16,26H,17-21H2,1-2H3,(H2,34,36). The van der Waals surface area contributed by atoms with Crippen LogP contribution in [0.4, 0.5) is 13.2 Å². The highest BCUT2D eigenvalue weighted by Gasteiger charge is 2.43. The maximum absolute atomic E-state index is 13.1. The lowest BCUT2D eigenvalue weighted by molar-refractivity contribution is -0.137. The largest absolute Gasteiger partial charge is 0.489 e. The van der Waals surface area contributed by atoms with Gasteiger partial charge in [-0.15, -0.1) is 0 Å². The summed E-state index contributed by atoms with van der Waals surface area (Å²) in [5, 5.41) is 0. The molecule has 7 heteroatoms. The molecule has 1 unspecified atom stereocenters. The molecular weight excluding hydrogens is 477 g/mol. The van der Waals surface area contributed by atoms with Gasteiger partial charge < -0.3 is 10.5 Å². The molecule has 196 valence electrons.